The Morgan fingerprint density at radius 1 is 0.884 bits per heavy atom. The van der Waals surface area contributed by atoms with Crippen molar-refractivity contribution in [2.45, 2.75) is 25.3 Å². The third-order valence-corrected chi connectivity index (χ3v) is 8.88. The van der Waals surface area contributed by atoms with Crippen molar-refractivity contribution < 1.29 is 9.59 Å². The second kappa shape index (κ2) is 11.4. The first-order chi connectivity index (χ1) is 21.0. The molecule has 1 saturated heterocycles. The van der Waals surface area contributed by atoms with Gasteiger partial charge < -0.3 is 19.7 Å². The minimum atomic E-state index is -0.276. The molecule has 2 amide bonds. The molecule has 8 nitrogen and oxygen atoms in total. The molecule has 2 aromatic heterocycles. The highest BCUT2D eigenvalue weighted by Gasteiger charge is 2.35. The van der Waals surface area contributed by atoms with Crippen molar-refractivity contribution in [3.8, 4) is 0 Å². The second-order valence-electron chi connectivity index (χ2n) is 11.6. The monoisotopic (exact) mass is 571 g/mol. The second-order valence-corrected chi connectivity index (χ2v) is 11.6. The summed E-state index contributed by atoms with van der Waals surface area (Å²) in [6.45, 7) is 3.34. The van der Waals surface area contributed by atoms with Crippen LogP contribution in [0.2, 0.25) is 0 Å². The van der Waals surface area contributed by atoms with E-state index >= 15 is 0 Å². The van der Waals surface area contributed by atoms with Gasteiger partial charge in [-0.1, -0.05) is 42.5 Å². The van der Waals surface area contributed by atoms with Crippen LogP contribution in [-0.2, 0) is 6.54 Å². The predicted octanol–water partition coefficient (Wildman–Crippen LogP) is 5.05. The lowest BCUT2D eigenvalue weighted by Gasteiger charge is -2.44. The Balaban J connectivity index is 1.18. The molecule has 3 aliphatic heterocycles. The van der Waals surface area contributed by atoms with Gasteiger partial charge in [-0.2, -0.15) is 0 Å². The van der Waals surface area contributed by atoms with Gasteiger partial charge in [-0.25, -0.2) is 0 Å². The number of hydrogen-bond donors (Lipinski definition) is 1. The first-order valence-electron chi connectivity index (χ1n) is 14.9. The number of piperidine rings is 1. The topological polar surface area (TPSA) is 87.5 Å². The Morgan fingerprint density at radius 3 is 2.56 bits per heavy atom. The number of rotatable bonds is 5. The summed E-state index contributed by atoms with van der Waals surface area (Å²) in [5.41, 5.74) is 6.02. The van der Waals surface area contributed by atoms with Gasteiger partial charge in [0.05, 0.1) is 16.9 Å². The summed E-state index contributed by atoms with van der Waals surface area (Å²) in [7, 11) is 0. The average Bonchev–Trinajstić information content (AvgIpc) is 3.06. The lowest BCUT2D eigenvalue weighted by molar-refractivity contribution is 0.0772. The predicted molar refractivity (Wildman–Crippen MR) is 167 cm³/mol. The molecule has 4 aromatic rings. The fourth-order valence-electron chi connectivity index (χ4n) is 6.78. The summed E-state index contributed by atoms with van der Waals surface area (Å²) < 4.78 is 1.92. The molecule has 2 atom stereocenters. The van der Waals surface area contributed by atoms with E-state index in [1.165, 1.54) is 17.3 Å². The summed E-state index contributed by atoms with van der Waals surface area (Å²) in [5.74, 6) is 0.189. The Labute approximate surface area is 250 Å². The molecular weight excluding hydrogens is 538 g/mol. The Morgan fingerprint density at radius 2 is 1.77 bits per heavy atom. The minimum absolute atomic E-state index is 0.0522. The number of anilines is 2. The molecule has 8 heteroatoms. The molecule has 0 unspecified atom stereocenters. The van der Waals surface area contributed by atoms with Gasteiger partial charge in [-0.05, 0) is 66.3 Å². The smallest absolute Gasteiger partial charge is 0.257 e. The van der Waals surface area contributed by atoms with Crippen molar-refractivity contribution in [3.63, 3.8) is 0 Å². The quantitative estimate of drug-likeness (QED) is 0.362. The van der Waals surface area contributed by atoms with Gasteiger partial charge in [-0.15, -0.1) is 0 Å². The number of benzene rings is 2. The van der Waals surface area contributed by atoms with Crippen molar-refractivity contribution in [2.24, 2.45) is 5.92 Å². The zero-order valence-corrected chi connectivity index (χ0v) is 23.9. The van der Waals surface area contributed by atoms with E-state index in [2.05, 4.69) is 39.5 Å². The van der Waals surface area contributed by atoms with Crippen molar-refractivity contribution in [2.75, 3.05) is 36.4 Å². The molecule has 0 spiro atoms. The summed E-state index contributed by atoms with van der Waals surface area (Å²) >= 11 is 0. The number of nitrogens with zero attached hydrogens (tertiary/aromatic N) is 4. The maximum atomic E-state index is 13.7. The van der Waals surface area contributed by atoms with E-state index in [9.17, 15) is 14.4 Å². The number of fused-ring (bicyclic) bond motifs is 4. The zero-order valence-electron chi connectivity index (χ0n) is 23.9. The Bertz CT molecular complexity index is 1770. The van der Waals surface area contributed by atoms with Gasteiger partial charge >= 0.3 is 0 Å². The molecule has 43 heavy (non-hydrogen) atoms. The van der Waals surface area contributed by atoms with Gasteiger partial charge in [0.1, 0.15) is 0 Å². The van der Waals surface area contributed by atoms with Crippen LogP contribution >= 0.6 is 0 Å². The lowest BCUT2D eigenvalue weighted by Crippen LogP contribution is -2.47. The van der Waals surface area contributed by atoms with Gasteiger partial charge in [0.2, 0.25) is 0 Å². The Kier molecular flexibility index (Phi) is 7.10. The number of carbonyl (C=O) groups excluding carboxylic acids is 2. The molecule has 0 radical (unpaired) electrons. The van der Waals surface area contributed by atoms with Crippen LogP contribution in [0.4, 0.5) is 11.4 Å². The maximum Gasteiger partial charge on any atom is 0.257 e. The van der Waals surface area contributed by atoms with Gasteiger partial charge in [-0.3, -0.25) is 19.4 Å². The molecule has 7 rings (SSSR count). The van der Waals surface area contributed by atoms with E-state index in [0.29, 0.717) is 42.4 Å². The van der Waals surface area contributed by atoms with Crippen LogP contribution in [-0.4, -0.2) is 52.4 Å². The summed E-state index contributed by atoms with van der Waals surface area (Å²) in [5, 5.41) is 3.09. The molecule has 3 aliphatic rings. The normalized spacial score (nSPS) is 19.3. The van der Waals surface area contributed by atoms with Gasteiger partial charge in [0.25, 0.3) is 17.4 Å². The molecule has 1 fully saturated rings. The third kappa shape index (κ3) is 5.36. The Hall–Kier alpha value is -4.98. The number of amides is 2. The molecule has 2 aromatic carbocycles. The van der Waals surface area contributed by atoms with Gasteiger partial charge in [0.15, 0.2) is 0 Å². The highest BCUT2D eigenvalue weighted by atomic mass is 16.2. The van der Waals surface area contributed by atoms with Crippen LogP contribution in [0.5, 0.6) is 0 Å². The van der Waals surface area contributed by atoms with Crippen LogP contribution in [0.1, 0.15) is 50.7 Å². The number of pyridine rings is 2. The minimum Gasteiger partial charge on any atom is -0.369 e. The van der Waals surface area contributed by atoms with Crippen LogP contribution in [0.15, 0.2) is 102 Å². The van der Waals surface area contributed by atoms with E-state index in [1.54, 1.807) is 24.4 Å². The maximum absolute atomic E-state index is 13.7. The molecular formula is C35H33N5O3. The fraction of sp³-hybridized carbons (Fsp3) is 0.257. The van der Waals surface area contributed by atoms with Crippen molar-refractivity contribution in [1.82, 2.24) is 14.5 Å². The van der Waals surface area contributed by atoms with E-state index in [0.717, 1.165) is 37.3 Å². The largest absolute Gasteiger partial charge is 0.369 e. The van der Waals surface area contributed by atoms with Crippen LogP contribution in [0.25, 0.3) is 5.57 Å². The number of hydrogen-bond acceptors (Lipinski definition) is 5. The third-order valence-electron chi connectivity index (χ3n) is 8.88. The van der Waals surface area contributed by atoms with E-state index in [4.69, 9.17) is 0 Å². The van der Waals surface area contributed by atoms with Crippen LogP contribution < -0.4 is 15.8 Å². The first-order valence-corrected chi connectivity index (χ1v) is 14.9. The zero-order chi connectivity index (χ0) is 29.3. The summed E-state index contributed by atoms with van der Waals surface area (Å²) in [6, 6.07) is 24.9. The standard InChI is InChI=1S/C35H33N5O3/c41-33-10-4-9-31-29-18-24(22-40(31)33)21-39(23-29)32-12-11-27(19-30(32)37-34(42)28-8-5-15-36-20-28)35(43)38-16-13-26(14-17-38)25-6-2-1-3-7-25/h1-13,15,19-20,24,29H,14,16-18,21-23H2,(H,37,42)/t24-,29+/m1/s1. The number of nitrogens with one attached hydrogen (secondary N) is 1. The highest BCUT2D eigenvalue weighted by Crippen LogP contribution is 2.39. The van der Waals surface area contributed by atoms with Crippen LogP contribution in [0, 0.1) is 5.92 Å². The van der Waals surface area contributed by atoms with E-state index < -0.39 is 0 Å². The lowest BCUT2D eigenvalue weighted by atomic mass is 9.83. The molecule has 0 saturated carbocycles. The molecule has 2 bridgehead atoms. The summed E-state index contributed by atoms with van der Waals surface area (Å²) in [4.78, 5) is 47.8. The van der Waals surface area contributed by atoms with E-state index in [-0.39, 0.29) is 23.3 Å². The molecule has 216 valence electrons. The average molecular weight is 572 g/mol. The van der Waals surface area contributed by atoms with Crippen molar-refractivity contribution in [1.29, 1.82) is 0 Å². The first kappa shape index (κ1) is 26.9. The molecule has 1 N–H and O–H groups in total. The number of aromatic nitrogens is 2. The van der Waals surface area contributed by atoms with Gasteiger partial charge in [0, 0.05) is 68.4 Å². The van der Waals surface area contributed by atoms with Crippen LogP contribution in [0.3, 0.4) is 0 Å². The summed E-state index contributed by atoms with van der Waals surface area (Å²) in [6.07, 6.45) is 7.12. The van der Waals surface area contributed by atoms with Crippen molar-refractivity contribution in [3.05, 3.63) is 130 Å². The fourth-order valence-corrected chi connectivity index (χ4v) is 6.78. The van der Waals surface area contributed by atoms with Crippen molar-refractivity contribution >= 4 is 28.8 Å². The molecule has 0 aliphatic carbocycles. The number of carbonyl (C=O) groups is 2. The van der Waals surface area contributed by atoms with E-state index in [1.807, 2.05) is 51.9 Å². The highest BCUT2D eigenvalue weighted by molar-refractivity contribution is 6.07. The SMILES string of the molecule is O=C(Nc1cc(C(=O)N2CC=C(c3ccccc3)CC2)ccc1N1C[C@H]2C[C@@H](C1)c1cccc(=O)n1C2)c1cccnc1. The molecule has 5 heterocycles.